The first-order chi connectivity index (χ1) is 15.3. The van der Waals surface area contributed by atoms with E-state index in [-0.39, 0.29) is 22.5 Å². The van der Waals surface area contributed by atoms with Crippen molar-refractivity contribution < 1.29 is 18.0 Å². The van der Waals surface area contributed by atoms with Crippen molar-refractivity contribution >= 4 is 32.6 Å². The normalized spacial score (nSPS) is 16.7. The van der Waals surface area contributed by atoms with Crippen molar-refractivity contribution in [1.29, 1.82) is 0 Å². The number of H-pyrrole nitrogens is 1. The van der Waals surface area contributed by atoms with Crippen molar-refractivity contribution in [2.75, 3.05) is 6.54 Å². The molecule has 32 heavy (non-hydrogen) atoms. The average molecular weight is 455 g/mol. The molecule has 1 fully saturated rings. The minimum absolute atomic E-state index is 0.0731. The molecule has 2 aromatic carbocycles. The number of hydrazine groups is 1. The van der Waals surface area contributed by atoms with E-state index in [2.05, 4.69) is 21.0 Å². The molecule has 1 aliphatic heterocycles. The van der Waals surface area contributed by atoms with Gasteiger partial charge in [-0.1, -0.05) is 35.9 Å². The maximum absolute atomic E-state index is 13.0. The fourth-order valence-electron chi connectivity index (χ4n) is 3.68. The van der Waals surface area contributed by atoms with Gasteiger partial charge in [-0.2, -0.15) is 9.40 Å². The van der Waals surface area contributed by atoms with E-state index < -0.39 is 33.4 Å². The van der Waals surface area contributed by atoms with Crippen LogP contribution in [0.4, 0.5) is 0 Å². The molecule has 0 radical (unpaired) electrons. The number of hydrogen-bond acceptors (Lipinski definition) is 6. The lowest BCUT2D eigenvalue weighted by Gasteiger charge is -2.23. The summed E-state index contributed by atoms with van der Waals surface area (Å²) in [6, 6.07) is 11.9. The summed E-state index contributed by atoms with van der Waals surface area (Å²) in [5.74, 6) is -1.39. The van der Waals surface area contributed by atoms with E-state index in [1.54, 1.807) is 36.4 Å². The molecule has 166 valence electrons. The first kappa shape index (κ1) is 21.7. The Balaban J connectivity index is 1.49. The second kappa shape index (κ2) is 8.52. The Bertz CT molecular complexity index is 1350. The van der Waals surface area contributed by atoms with E-state index in [4.69, 9.17) is 0 Å². The number of rotatable bonds is 4. The summed E-state index contributed by atoms with van der Waals surface area (Å²) < 4.78 is 27.2. The maximum Gasteiger partial charge on any atom is 0.290 e. The predicted molar refractivity (Wildman–Crippen MR) is 116 cm³/mol. The number of benzene rings is 2. The summed E-state index contributed by atoms with van der Waals surface area (Å²) in [7, 11) is -3.87. The van der Waals surface area contributed by atoms with Crippen LogP contribution in [0.15, 0.2) is 58.2 Å². The minimum Gasteiger partial charge on any atom is -0.271 e. The highest BCUT2D eigenvalue weighted by atomic mass is 32.2. The van der Waals surface area contributed by atoms with Gasteiger partial charge in [0.05, 0.1) is 10.3 Å². The van der Waals surface area contributed by atoms with Gasteiger partial charge in [0.15, 0.2) is 5.69 Å². The van der Waals surface area contributed by atoms with Crippen LogP contribution in [0.25, 0.3) is 10.8 Å². The van der Waals surface area contributed by atoms with Gasteiger partial charge >= 0.3 is 0 Å². The largest absolute Gasteiger partial charge is 0.290 e. The van der Waals surface area contributed by atoms with Crippen LogP contribution in [-0.2, 0) is 14.8 Å². The monoisotopic (exact) mass is 455 g/mol. The number of aromatic amines is 1. The van der Waals surface area contributed by atoms with E-state index in [0.29, 0.717) is 18.2 Å². The first-order valence-corrected chi connectivity index (χ1v) is 11.4. The Morgan fingerprint density at radius 2 is 1.75 bits per heavy atom. The van der Waals surface area contributed by atoms with Gasteiger partial charge in [-0.15, -0.1) is 0 Å². The number of fused-ring (bicyclic) bond motifs is 1. The van der Waals surface area contributed by atoms with E-state index in [9.17, 15) is 22.8 Å². The summed E-state index contributed by atoms with van der Waals surface area (Å²) in [5, 5.41) is 6.63. The molecule has 1 aliphatic rings. The third-order valence-electron chi connectivity index (χ3n) is 5.34. The zero-order valence-electron chi connectivity index (χ0n) is 17.2. The predicted octanol–water partition coefficient (Wildman–Crippen LogP) is 0.846. The topological polar surface area (TPSA) is 141 Å². The molecule has 3 aromatic rings. The number of hydrogen-bond donors (Lipinski definition) is 3. The third-order valence-corrected chi connectivity index (χ3v) is 7.27. The minimum atomic E-state index is -3.87. The number of nitrogens with zero attached hydrogens (tertiary/aromatic N) is 2. The maximum atomic E-state index is 13.0. The number of carbonyl (C=O) groups excluding carboxylic acids is 2. The van der Waals surface area contributed by atoms with Crippen molar-refractivity contribution in [1.82, 2.24) is 25.4 Å². The summed E-state index contributed by atoms with van der Waals surface area (Å²) in [6.45, 7) is 2.06. The second-order valence-electron chi connectivity index (χ2n) is 7.48. The molecule has 1 saturated heterocycles. The molecule has 10 nitrogen and oxygen atoms in total. The molecule has 4 rings (SSSR count). The summed E-state index contributed by atoms with van der Waals surface area (Å²) in [4.78, 5) is 37.3. The SMILES string of the molecule is Cc1ccc(S(=O)(=O)N2CCC[C@H]2C(=O)NNC(=O)c2n[nH]c(=O)c3ccccc23)cc1. The quantitative estimate of drug-likeness (QED) is 0.498. The van der Waals surface area contributed by atoms with Gasteiger partial charge in [0.2, 0.25) is 10.0 Å². The highest BCUT2D eigenvalue weighted by Crippen LogP contribution is 2.26. The van der Waals surface area contributed by atoms with Crippen molar-refractivity contribution in [3.63, 3.8) is 0 Å². The van der Waals surface area contributed by atoms with E-state index in [1.165, 1.54) is 12.1 Å². The van der Waals surface area contributed by atoms with Gasteiger partial charge < -0.3 is 0 Å². The van der Waals surface area contributed by atoms with E-state index in [0.717, 1.165) is 9.87 Å². The molecule has 11 heteroatoms. The molecule has 2 amide bonds. The molecular weight excluding hydrogens is 434 g/mol. The van der Waals surface area contributed by atoms with Crippen LogP contribution in [0.3, 0.4) is 0 Å². The number of aryl methyl sites for hydroxylation is 1. The van der Waals surface area contributed by atoms with Crippen molar-refractivity contribution in [2.45, 2.75) is 30.7 Å². The van der Waals surface area contributed by atoms with Crippen molar-refractivity contribution in [3.8, 4) is 0 Å². The van der Waals surface area contributed by atoms with Crippen LogP contribution in [0, 0.1) is 6.92 Å². The number of aromatic nitrogens is 2. The fraction of sp³-hybridized carbons (Fsp3) is 0.238. The molecule has 0 aliphatic carbocycles. The smallest absolute Gasteiger partial charge is 0.271 e. The van der Waals surface area contributed by atoms with Gasteiger partial charge in [0, 0.05) is 11.9 Å². The molecule has 1 atom stereocenters. The molecule has 0 bridgehead atoms. The molecular formula is C21H21N5O5S. The summed E-state index contributed by atoms with van der Waals surface area (Å²) in [6.07, 6.45) is 0.843. The van der Waals surface area contributed by atoms with Gasteiger partial charge in [0.25, 0.3) is 17.4 Å². The van der Waals surface area contributed by atoms with Crippen LogP contribution in [0.2, 0.25) is 0 Å². The van der Waals surface area contributed by atoms with Crippen LogP contribution in [-0.4, -0.2) is 47.3 Å². The third kappa shape index (κ3) is 3.99. The second-order valence-corrected chi connectivity index (χ2v) is 9.37. The molecule has 3 N–H and O–H groups in total. The number of carbonyl (C=O) groups is 2. The van der Waals surface area contributed by atoms with Gasteiger partial charge in [-0.3, -0.25) is 25.2 Å². The van der Waals surface area contributed by atoms with Crippen molar-refractivity contribution in [3.05, 3.63) is 70.1 Å². The highest BCUT2D eigenvalue weighted by Gasteiger charge is 2.39. The average Bonchev–Trinajstić information content (AvgIpc) is 3.29. The van der Waals surface area contributed by atoms with Crippen LogP contribution in [0.1, 0.15) is 28.9 Å². The van der Waals surface area contributed by atoms with Gasteiger partial charge in [-0.05, 0) is 38.0 Å². The zero-order valence-corrected chi connectivity index (χ0v) is 18.0. The molecule has 0 saturated carbocycles. The fourth-order valence-corrected chi connectivity index (χ4v) is 5.34. The Morgan fingerprint density at radius 3 is 2.47 bits per heavy atom. The van der Waals surface area contributed by atoms with Crippen LogP contribution >= 0.6 is 0 Å². The van der Waals surface area contributed by atoms with Gasteiger partial charge in [0.1, 0.15) is 6.04 Å². The highest BCUT2D eigenvalue weighted by molar-refractivity contribution is 7.89. The Hall–Kier alpha value is -3.57. The lowest BCUT2D eigenvalue weighted by Crippen LogP contribution is -2.51. The zero-order chi connectivity index (χ0) is 22.9. The van der Waals surface area contributed by atoms with Crippen LogP contribution in [0.5, 0.6) is 0 Å². The number of amides is 2. The Labute approximate surface area is 183 Å². The molecule has 0 spiro atoms. The Morgan fingerprint density at radius 1 is 1.06 bits per heavy atom. The van der Waals surface area contributed by atoms with E-state index >= 15 is 0 Å². The van der Waals surface area contributed by atoms with Crippen LogP contribution < -0.4 is 16.4 Å². The Kier molecular flexibility index (Phi) is 5.76. The lowest BCUT2D eigenvalue weighted by atomic mass is 10.1. The standard InChI is InChI=1S/C21H21N5O5S/c1-13-8-10-14(11-9-13)32(30,31)26-12-4-7-17(26)20(28)24-25-21(29)18-15-5-2-3-6-16(15)19(27)23-22-18/h2-3,5-6,8-11,17H,4,7,12H2,1H3,(H,23,27)(H,24,28)(H,25,29)/t17-/m0/s1. The summed E-state index contributed by atoms with van der Waals surface area (Å²) in [5.41, 5.74) is 4.96. The van der Waals surface area contributed by atoms with Gasteiger partial charge in [-0.25, -0.2) is 13.5 Å². The molecule has 0 unspecified atom stereocenters. The van der Waals surface area contributed by atoms with Crippen molar-refractivity contribution in [2.24, 2.45) is 0 Å². The first-order valence-electron chi connectivity index (χ1n) is 9.95. The molecule has 1 aromatic heterocycles. The number of sulfonamides is 1. The number of nitrogens with one attached hydrogen (secondary N) is 3. The lowest BCUT2D eigenvalue weighted by molar-refractivity contribution is -0.125. The van der Waals surface area contributed by atoms with E-state index in [1.807, 2.05) is 6.92 Å². The summed E-state index contributed by atoms with van der Waals surface area (Å²) >= 11 is 0. The molecule has 2 heterocycles.